The molecule has 1 saturated heterocycles. The van der Waals surface area contributed by atoms with E-state index in [2.05, 4.69) is 15.3 Å². The van der Waals surface area contributed by atoms with Crippen molar-refractivity contribution in [3.05, 3.63) is 18.7 Å². The Bertz CT molecular complexity index is 328. The topological polar surface area (TPSA) is 84.1 Å². The second kappa shape index (κ2) is 3.59. The molecule has 74 valence electrons. The van der Waals surface area contributed by atoms with Crippen molar-refractivity contribution in [3.63, 3.8) is 0 Å². The van der Waals surface area contributed by atoms with Crippen LogP contribution in [0.5, 0.6) is 0 Å². The van der Waals surface area contributed by atoms with Crippen LogP contribution in [0.15, 0.2) is 18.7 Å². The number of aromatic nitrogens is 2. The number of hydrogen-bond donors (Lipinski definition) is 2. The van der Waals surface area contributed by atoms with E-state index in [9.17, 15) is 4.79 Å². The lowest BCUT2D eigenvalue weighted by Crippen LogP contribution is -2.38. The third kappa shape index (κ3) is 1.64. The molecule has 14 heavy (non-hydrogen) atoms. The zero-order chi connectivity index (χ0) is 9.97. The molecule has 0 saturated carbocycles. The van der Waals surface area contributed by atoms with Gasteiger partial charge in [0.25, 0.3) is 0 Å². The number of rotatable bonds is 2. The maximum Gasteiger partial charge on any atom is 0.236 e. The highest BCUT2D eigenvalue weighted by Crippen LogP contribution is 2.13. The maximum absolute atomic E-state index is 10.9. The second-order valence-corrected chi connectivity index (χ2v) is 3.14. The van der Waals surface area contributed by atoms with Gasteiger partial charge in [0, 0.05) is 6.54 Å². The van der Waals surface area contributed by atoms with E-state index in [0.717, 1.165) is 5.69 Å². The highest BCUT2D eigenvalue weighted by atomic mass is 16.1. The van der Waals surface area contributed by atoms with Gasteiger partial charge in [0.1, 0.15) is 12.4 Å². The maximum atomic E-state index is 10.9. The first kappa shape index (κ1) is 8.89. The number of anilines is 1. The first-order chi connectivity index (χ1) is 6.77. The summed E-state index contributed by atoms with van der Waals surface area (Å²) >= 11 is 0. The Kier molecular flexibility index (Phi) is 2.28. The lowest BCUT2D eigenvalue weighted by molar-refractivity contribution is -0.119. The van der Waals surface area contributed by atoms with Crippen LogP contribution < -0.4 is 16.0 Å². The zero-order valence-electron chi connectivity index (χ0n) is 7.55. The fourth-order valence-electron chi connectivity index (χ4n) is 1.41. The number of amides is 1. The normalized spacial score (nSPS) is 21.1. The minimum absolute atomic E-state index is 0.282. The van der Waals surface area contributed by atoms with E-state index >= 15 is 0 Å². The van der Waals surface area contributed by atoms with E-state index in [-0.39, 0.29) is 11.9 Å². The predicted octanol–water partition coefficient (Wildman–Crippen LogP) is -1.30. The molecule has 1 atom stereocenters. The van der Waals surface area contributed by atoms with Gasteiger partial charge in [0.15, 0.2) is 0 Å². The molecule has 1 aromatic heterocycles. The number of nitrogens with one attached hydrogen (secondary N) is 1. The van der Waals surface area contributed by atoms with Crippen molar-refractivity contribution in [1.29, 1.82) is 0 Å². The van der Waals surface area contributed by atoms with E-state index in [0.29, 0.717) is 13.2 Å². The molecule has 3 N–H and O–H groups in total. The average Bonchev–Trinajstić information content (AvgIpc) is 2.68. The van der Waals surface area contributed by atoms with Crippen LogP contribution in [0.25, 0.3) is 0 Å². The number of nitrogens with two attached hydrogens (primary N) is 1. The second-order valence-electron chi connectivity index (χ2n) is 3.14. The van der Waals surface area contributed by atoms with Crippen molar-refractivity contribution in [2.75, 3.05) is 18.1 Å². The summed E-state index contributed by atoms with van der Waals surface area (Å²) in [4.78, 5) is 20.7. The average molecular weight is 193 g/mol. The van der Waals surface area contributed by atoms with Gasteiger partial charge in [0.2, 0.25) is 5.91 Å². The van der Waals surface area contributed by atoms with Crippen molar-refractivity contribution in [2.45, 2.75) is 6.04 Å². The molecular weight excluding hydrogens is 182 g/mol. The van der Waals surface area contributed by atoms with Crippen LogP contribution in [0.2, 0.25) is 0 Å². The lowest BCUT2D eigenvalue weighted by atomic mass is 10.3. The number of carbonyl (C=O) groups excluding carboxylic acids is 1. The summed E-state index contributed by atoms with van der Waals surface area (Å²) in [5.41, 5.74) is 6.07. The van der Waals surface area contributed by atoms with Crippen LogP contribution in [-0.2, 0) is 4.79 Å². The van der Waals surface area contributed by atoms with Crippen LogP contribution in [-0.4, -0.2) is 35.1 Å². The van der Waals surface area contributed by atoms with Crippen LogP contribution >= 0.6 is 0 Å². The van der Waals surface area contributed by atoms with Gasteiger partial charge in [-0.3, -0.25) is 10.1 Å². The Hall–Kier alpha value is -1.69. The largest absolute Gasteiger partial charge is 0.368 e. The highest BCUT2D eigenvalue weighted by Gasteiger charge is 2.25. The fraction of sp³-hybridized carbons (Fsp3) is 0.375. The van der Waals surface area contributed by atoms with Crippen molar-refractivity contribution in [3.8, 4) is 0 Å². The summed E-state index contributed by atoms with van der Waals surface area (Å²) in [6, 6.07) is -0.282. The number of carbonyl (C=O) groups is 1. The molecule has 1 unspecified atom stereocenters. The van der Waals surface area contributed by atoms with Crippen molar-refractivity contribution >= 4 is 11.6 Å². The van der Waals surface area contributed by atoms with Crippen molar-refractivity contribution < 1.29 is 4.79 Å². The van der Waals surface area contributed by atoms with Gasteiger partial charge in [-0.1, -0.05) is 0 Å². The summed E-state index contributed by atoms with van der Waals surface area (Å²) in [7, 11) is 0. The molecule has 2 rings (SSSR count). The third-order valence-electron chi connectivity index (χ3n) is 2.19. The zero-order valence-corrected chi connectivity index (χ0v) is 7.55. The lowest BCUT2D eigenvalue weighted by Gasteiger charge is -2.15. The summed E-state index contributed by atoms with van der Waals surface area (Å²) in [5, 5.41) is 3.00. The summed E-state index contributed by atoms with van der Waals surface area (Å²) in [5.74, 6) is -0.329. The molecule has 1 aromatic rings. The van der Waals surface area contributed by atoms with Crippen LogP contribution in [0.3, 0.4) is 0 Å². The Morgan fingerprint density at radius 1 is 1.57 bits per heavy atom. The fourth-order valence-corrected chi connectivity index (χ4v) is 1.41. The monoisotopic (exact) mass is 193 g/mol. The number of nitrogens with zero attached hydrogens (tertiary/aromatic N) is 3. The Morgan fingerprint density at radius 3 is 2.86 bits per heavy atom. The highest BCUT2D eigenvalue weighted by molar-refractivity contribution is 5.81. The molecule has 0 spiro atoms. The van der Waals surface area contributed by atoms with Gasteiger partial charge < -0.3 is 10.6 Å². The van der Waals surface area contributed by atoms with Crippen LogP contribution in [0.1, 0.15) is 0 Å². The van der Waals surface area contributed by atoms with Gasteiger partial charge in [-0.15, -0.1) is 0 Å². The molecule has 0 aromatic carbocycles. The summed E-state index contributed by atoms with van der Waals surface area (Å²) in [6.07, 6.45) is 4.88. The molecule has 1 aliphatic rings. The summed E-state index contributed by atoms with van der Waals surface area (Å²) < 4.78 is 0. The Labute approximate surface area is 81.1 Å². The molecule has 6 nitrogen and oxygen atoms in total. The van der Waals surface area contributed by atoms with E-state index in [4.69, 9.17) is 5.73 Å². The van der Waals surface area contributed by atoms with Crippen molar-refractivity contribution in [1.82, 2.24) is 15.3 Å². The molecule has 1 aliphatic heterocycles. The van der Waals surface area contributed by atoms with Gasteiger partial charge in [-0.05, 0) is 0 Å². The smallest absolute Gasteiger partial charge is 0.236 e. The van der Waals surface area contributed by atoms with Crippen LogP contribution in [0.4, 0.5) is 5.69 Å². The molecule has 2 heterocycles. The van der Waals surface area contributed by atoms with Gasteiger partial charge in [-0.2, -0.15) is 0 Å². The standard InChI is InChI=1S/C8H11N5O/c9-8(14)7-3-13(5-12-7)6-1-10-4-11-2-6/h1-2,4,7,12H,3,5H2,(H2,9,14). The Balaban J connectivity index is 2.06. The minimum atomic E-state index is -0.329. The Morgan fingerprint density at radius 2 is 2.29 bits per heavy atom. The first-order valence-electron chi connectivity index (χ1n) is 4.30. The molecule has 1 fully saturated rings. The molecular formula is C8H11N5O. The van der Waals surface area contributed by atoms with Gasteiger partial charge in [0.05, 0.1) is 24.7 Å². The first-order valence-corrected chi connectivity index (χ1v) is 4.30. The predicted molar refractivity (Wildman–Crippen MR) is 50.4 cm³/mol. The molecule has 0 radical (unpaired) electrons. The van der Waals surface area contributed by atoms with Gasteiger partial charge in [-0.25, -0.2) is 9.97 Å². The SMILES string of the molecule is NC(=O)C1CN(c2cncnc2)CN1. The molecule has 0 aliphatic carbocycles. The number of primary amides is 1. The third-order valence-corrected chi connectivity index (χ3v) is 2.19. The molecule has 6 heteroatoms. The van der Waals surface area contributed by atoms with E-state index in [1.54, 1.807) is 12.4 Å². The van der Waals surface area contributed by atoms with Crippen molar-refractivity contribution in [2.24, 2.45) is 5.73 Å². The minimum Gasteiger partial charge on any atom is -0.368 e. The summed E-state index contributed by atoms with van der Waals surface area (Å²) in [6.45, 7) is 1.17. The van der Waals surface area contributed by atoms with E-state index in [1.165, 1.54) is 6.33 Å². The molecule has 1 amide bonds. The van der Waals surface area contributed by atoms with E-state index < -0.39 is 0 Å². The quantitative estimate of drug-likeness (QED) is 0.609. The molecule has 0 bridgehead atoms. The van der Waals surface area contributed by atoms with Crippen LogP contribution in [0, 0.1) is 0 Å². The van der Waals surface area contributed by atoms with E-state index in [1.807, 2.05) is 4.90 Å². The number of hydrogen-bond acceptors (Lipinski definition) is 5. The van der Waals surface area contributed by atoms with Gasteiger partial charge >= 0.3 is 0 Å².